The Balaban J connectivity index is 1.89. The lowest BCUT2D eigenvalue weighted by Crippen LogP contribution is -2.30. The second kappa shape index (κ2) is 9.08. The van der Waals surface area contributed by atoms with Crippen LogP contribution >= 0.6 is 0 Å². The first-order chi connectivity index (χ1) is 12.0. The number of methoxy groups -OCH3 is 2. The van der Waals surface area contributed by atoms with Crippen molar-refractivity contribution in [2.24, 2.45) is 0 Å². The van der Waals surface area contributed by atoms with Crippen LogP contribution < -0.4 is 20.1 Å². The van der Waals surface area contributed by atoms with E-state index < -0.39 is 0 Å². The third-order valence-corrected chi connectivity index (χ3v) is 3.91. The number of carbonyl (C=O) groups is 1. The van der Waals surface area contributed by atoms with Gasteiger partial charge in [0.1, 0.15) is 11.5 Å². The summed E-state index contributed by atoms with van der Waals surface area (Å²) in [5.74, 6) is 1.20. The molecule has 0 aliphatic carbocycles. The third-order valence-electron chi connectivity index (χ3n) is 3.91. The number of amides is 1. The SMILES string of the molecule is COc1ccc(OC)c(NC(=O)CC(C)NCc2cccc(C)c2)c1. The Bertz CT molecular complexity index is 716. The Morgan fingerprint density at radius 1 is 1.12 bits per heavy atom. The first kappa shape index (κ1) is 18.8. The van der Waals surface area contributed by atoms with Crippen molar-refractivity contribution in [1.82, 2.24) is 5.32 Å². The molecule has 1 amide bonds. The van der Waals surface area contributed by atoms with Gasteiger partial charge >= 0.3 is 0 Å². The summed E-state index contributed by atoms with van der Waals surface area (Å²) >= 11 is 0. The first-order valence-corrected chi connectivity index (χ1v) is 8.32. The standard InChI is InChI=1S/C20H26N2O3/c1-14-6-5-7-16(10-14)13-21-15(2)11-20(23)22-18-12-17(24-3)8-9-19(18)25-4/h5-10,12,15,21H,11,13H2,1-4H3,(H,22,23). The quantitative estimate of drug-likeness (QED) is 0.771. The molecule has 2 N–H and O–H groups in total. The average Bonchev–Trinajstić information content (AvgIpc) is 2.60. The molecule has 0 aliphatic heterocycles. The molecule has 5 heteroatoms. The zero-order chi connectivity index (χ0) is 18.2. The number of benzene rings is 2. The van der Waals surface area contributed by atoms with E-state index in [2.05, 4.69) is 35.8 Å². The monoisotopic (exact) mass is 342 g/mol. The highest BCUT2D eigenvalue weighted by molar-refractivity contribution is 5.92. The van der Waals surface area contributed by atoms with Gasteiger partial charge in [0, 0.05) is 25.1 Å². The molecular formula is C20H26N2O3. The van der Waals surface area contributed by atoms with Crippen LogP contribution in [0.25, 0.3) is 0 Å². The zero-order valence-corrected chi connectivity index (χ0v) is 15.3. The fourth-order valence-corrected chi connectivity index (χ4v) is 2.58. The number of anilines is 1. The highest BCUT2D eigenvalue weighted by atomic mass is 16.5. The van der Waals surface area contributed by atoms with Crippen LogP contribution in [-0.2, 0) is 11.3 Å². The van der Waals surface area contributed by atoms with Gasteiger partial charge in [-0.25, -0.2) is 0 Å². The van der Waals surface area contributed by atoms with Crippen LogP contribution in [0.5, 0.6) is 11.5 Å². The average molecular weight is 342 g/mol. The van der Waals surface area contributed by atoms with Gasteiger partial charge in [0.15, 0.2) is 0 Å². The Hall–Kier alpha value is -2.53. The molecule has 0 saturated heterocycles. The Labute approximate surface area is 149 Å². The van der Waals surface area contributed by atoms with Crippen molar-refractivity contribution in [3.63, 3.8) is 0 Å². The smallest absolute Gasteiger partial charge is 0.226 e. The van der Waals surface area contributed by atoms with Crippen LogP contribution in [0.3, 0.4) is 0 Å². The molecule has 0 spiro atoms. The summed E-state index contributed by atoms with van der Waals surface area (Å²) in [5.41, 5.74) is 3.05. The van der Waals surface area contributed by atoms with Crippen LogP contribution in [0.15, 0.2) is 42.5 Å². The van der Waals surface area contributed by atoms with Crippen LogP contribution in [-0.4, -0.2) is 26.2 Å². The van der Waals surface area contributed by atoms with Crippen molar-refractivity contribution in [1.29, 1.82) is 0 Å². The summed E-state index contributed by atoms with van der Waals surface area (Å²) in [6.07, 6.45) is 0.367. The van der Waals surface area contributed by atoms with Gasteiger partial charge < -0.3 is 20.1 Å². The fourth-order valence-electron chi connectivity index (χ4n) is 2.58. The van der Waals surface area contributed by atoms with Gasteiger partial charge in [0.2, 0.25) is 5.91 Å². The molecule has 134 valence electrons. The van der Waals surface area contributed by atoms with Crippen molar-refractivity contribution >= 4 is 11.6 Å². The van der Waals surface area contributed by atoms with E-state index in [4.69, 9.17) is 9.47 Å². The molecule has 1 unspecified atom stereocenters. The third kappa shape index (κ3) is 5.80. The van der Waals surface area contributed by atoms with Gasteiger partial charge in [0.25, 0.3) is 0 Å². The van der Waals surface area contributed by atoms with Crippen molar-refractivity contribution < 1.29 is 14.3 Å². The predicted octanol–water partition coefficient (Wildman–Crippen LogP) is 3.52. The summed E-state index contributed by atoms with van der Waals surface area (Å²) in [6.45, 7) is 4.80. The predicted molar refractivity (Wildman–Crippen MR) is 100 cm³/mol. The Morgan fingerprint density at radius 2 is 1.92 bits per heavy atom. The van der Waals surface area contributed by atoms with Crippen LogP contribution in [0.1, 0.15) is 24.5 Å². The molecular weight excluding hydrogens is 316 g/mol. The van der Waals surface area contributed by atoms with E-state index in [1.807, 2.05) is 13.0 Å². The van der Waals surface area contributed by atoms with E-state index in [-0.39, 0.29) is 11.9 Å². The van der Waals surface area contributed by atoms with E-state index in [0.29, 0.717) is 23.6 Å². The molecule has 0 fully saturated rings. The number of rotatable bonds is 8. The number of aryl methyl sites for hydroxylation is 1. The maximum absolute atomic E-state index is 12.3. The van der Waals surface area contributed by atoms with E-state index >= 15 is 0 Å². The van der Waals surface area contributed by atoms with Crippen molar-refractivity contribution in [3.05, 3.63) is 53.6 Å². The molecule has 2 aromatic rings. The molecule has 2 rings (SSSR count). The van der Waals surface area contributed by atoms with Crippen LogP contribution in [0, 0.1) is 6.92 Å². The summed E-state index contributed by atoms with van der Waals surface area (Å²) < 4.78 is 10.5. The number of hydrogen-bond acceptors (Lipinski definition) is 4. The second-order valence-electron chi connectivity index (χ2n) is 6.09. The molecule has 1 atom stereocenters. The molecule has 0 saturated carbocycles. The number of nitrogens with one attached hydrogen (secondary N) is 2. The molecule has 25 heavy (non-hydrogen) atoms. The lowest BCUT2D eigenvalue weighted by molar-refractivity contribution is -0.116. The summed E-state index contributed by atoms with van der Waals surface area (Å²) in [6, 6.07) is 13.7. The zero-order valence-electron chi connectivity index (χ0n) is 15.3. The van der Waals surface area contributed by atoms with Crippen molar-refractivity contribution in [3.8, 4) is 11.5 Å². The lowest BCUT2D eigenvalue weighted by Gasteiger charge is -2.15. The van der Waals surface area contributed by atoms with Crippen molar-refractivity contribution in [2.75, 3.05) is 19.5 Å². The molecule has 0 radical (unpaired) electrons. The summed E-state index contributed by atoms with van der Waals surface area (Å²) in [4.78, 5) is 12.3. The summed E-state index contributed by atoms with van der Waals surface area (Å²) in [7, 11) is 3.16. The number of carbonyl (C=O) groups excluding carboxylic acids is 1. The topological polar surface area (TPSA) is 59.6 Å². The Morgan fingerprint density at radius 3 is 2.60 bits per heavy atom. The molecule has 2 aromatic carbocycles. The van der Waals surface area contributed by atoms with E-state index in [1.54, 1.807) is 32.4 Å². The molecule has 0 bridgehead atoms. The van der Waals surface area contributed by atoms with Gasteiger partial charge in [-0.2, -0.15) is 0 Å². The molecule has 5 nitrogen and oxygen atoms in total. The minimum absolute atomic E-state index is 0.0529. The molecule has 0 heterocycles. The highest BCUT2D eigenvalue weighted by Gasteiger charge is 2.12. The number of ether oxygens (including phenoxy) is 2. The second-order valence-corrected chi connectivity index (χ2v) is 6.09. The van der Waals surface area contributed by atoms with Gasteiger partial charge in [-0.1, -0.05) is 29.8 Å². The van der Waals surface area contributed by atoms with E-state index in [9.17, 15) is 4.79 Å². The molecule has 0 aliphatic rings. The van der Waals surface area contributed by atoms with Gasteiger partial charge in [0.05, 0.1) is 19.9 Å². The first-order valence-electron chi connectivity index (χ1n) is 8.32. The highest BCUT2D eigenvalue weighted by Crippen LogP contribution is 2.29. The lowest BCUT2D eigenvalue weighted by atomic mass is 10.1. The Kier molecular flexibility index (Phi) is 6.83. The van der Waals surface area contributed by atoms with Crippen LogP contribution in [0.2, 0.25) is 0 Å². The minimum Gasteiger partial charge on any atom is -0.497 e. The van der Waals surface area contributed by atoms with E-state index in [0.717, 1.165) is 6.54 Å². The normalized spacial score (nSPS) is 11.7. The maximum atomic E-state index is 12.3. The van der Waals surface area contributed by atoms with Crippen LogP contribution in [0.4, 0.5) is 5.69 Å². The van der Waals surface area contributed by atoms with Gasteiger partial charge in [-0.3, -0.25) is 4.79 Å². The summed E-state index contributed by atoms with van der Waals surface area (Å²) in [5, 5.41) is 6.27. The molecule has 0 aromatic heterocycles. The van der Waals surface area contributed by atoms with Gasteiger partial charge in [-0.15, -0.1) is 0 Å². The minimum atomic E-state index is -0.0733. The van der Waals surface area contributed by atoms with Gasteiger partial charge in [-0.05, 0) is 31.5 Å². The van der Waals surface area contributed by atoms with Crippen molar-refractivity contribution in [2.45, 2.75) is 32.9 Å². The fraction of sp³-hybridized carbons (Fsp3) is 0.350. The van der Waals surface area contributed by atoms with E-state index in [1.165, 1.54) is 11.1 Å². The largest absolute Gasteiger partial charge is 0.497 e. The number of hydrogen-bond donors (Lipinski definition) is 2. The maximum Gasteiger partial charge on any atom is 0.226 e.